The number of benzene rings is 2. The normalized spacial score (nSPS) is 11.5. The Bertz CT molecular complexity index is 1300. The molecule has 0 aliphatic carbocycles. The van der Waals surface area contributed by atoms with Gasteiger partial charge in [-0.1, -0.05) is 36.4 Å². The fraction of sp³-hybridized carbons (Fsp3) is 0.0870. The molecule has 10 heteroatoms. The molecule has 4 aromatic rings. The summed E-state index contributed by atoms with van der Waals surface area (Å²) in [5, 5.41) is 20.0. The Hall–Kier alpha value is -3.89. The number of esters is 1. The lowest BCUT2D eigenvalue weighted by Crippen LogP contribution is -2.26. The number of aryl methyl sites for hydroxylation is 1. The number of hydrogen-bond donors (Lipinski definition) is 1. The molecule has 0 radical (unpaired) electrons. The predicted octanol–water partition coefficient (Wildman–Crippen LogP) is 5.63. The highest BCUT2D eigenvalue weighted by Crippen LogP contribution is 2.29. The number of aromatic nitrogens is 1. The molecule has 1 amide bonds. The van der Waals surface area contributed by atoms with Crippen molar-refractivity contribution in [2.45, 2.75) is 13.0 Å². The van der Waals surface area contributed by atoms with Crippen LogP contribution in [0.5, 0.6) is 0 Å². The minimum atomic E-state index is -1.33. The molecule has 4 rings (SSSR count). The summed E-state index contributed by atoms with van der Waals surface area (Å²) >= 11 is 2.81. The molecule has 0 fully saturated rings. The van der Waals surface area contributed by atoms with Gasteiger partial charge in [0.15, 0.2) is 5.69 Å². The molecule has 1 unspecified atom stereocenters. The van der Waals surface area contributed by atoms with E-state index in [2.05, 4.69) is 10.3 Å². The van der Waals surface area contributed by atoms with Crippen LogP contribution >= 0.6 is 22.7 Å². The Balaban J connectivity index is 1.59. The van der Waals surface area contributed by atoms with Gasteiger partial charge in [0.1, 0.15) is 10.7 Å². The summed E-state index contributed by atoms with van der Waals surface area (Å²) in [7, 11) is 0. The maximum Gasteiger partial charge on any atom is 0.358 e. The second-order valence-electron chi connectivity index (χ2n) is 7.01. The number of anilines is 1. The summed E-state index contributed by atoms with van der Waals surface area (Å²) in [5.41, 5.74) is 1.84. The zero-order valence-electron chi connectivity index (χ0n) is 17.3. The lowest BCUT2D eigenvalue weighted by molar-refractivity contribution is -0.384. The summed E-state index contributed by atoms with van der Waals surface area (Å²) in [4.78, 5) is 41.1. The van der Waals surface area contributed by atoms with Crippen LogP contribution in [-0.2, 0) is 9.53 Å². The van der Waals surface area contributed by atoms with Crippen molar-refractivity contribution in [2.75, 3.05) is 5.32 Å². The maximum atomic E-state index is 13.1. The minimum absolute atomic E-state index is 0.0148. The number of nitrogens with one attached hydrogen (secondary N) is 1. The molecule has 166 valence electrons. The number of thiazole rings is 1. The van der Waals surface area contributed by atoms with E-state index in [1.54, 1.807) is 48.7 Å². The minimum Gasteiger partial charge on any atom is -0.443 e. The van der Waals surface area contributed by atoms with E-state index < -0.39 is 22.9 Å². The zero-order chi connectivity index (χ0) is 23.4. The van der Waals surface area contributed by atoms with Crippen molar-refractivity contribution in [3.63, 3.8) is 0 Å². The number of hydrogen-bond acceptors (Lipinski definition) is 8. The van der Waals surface area contributed by atoms with Crippen molar-refractivity contribution in [1.29, 1.82) is 0 Å². The number of nitro groups is 1. The summed E-state index contributed by atoms with van der Waals surface area (Å²) in [5.74, 6) is -1.48. The van der Waals surface area contributed by atoms with Crippen LogP contribution in [0.15, 0.2) is 70.7 Å². The predicted molar refractivity (Wildman–Crippen MR) is 126 cm³/mol. The molecule has 1 N–H and O–H groups in total. The molecule has 8 nitrogen and oxygen atoms in total. The lowest BCUT2D eigenvalue weighted by Gasteiger charge is -2.17. The quantitative estimate of drug-likeness (QED) is 0.209. The van der Waals surface area contributed by atoms with Crippen molar-refractivity contribution in [1.82, 2.24) is 4.98 Å². The van der Waals surface area contributed by atoms with E-state index in [1.165, 1.54) is 34.8 Å². The summed E-state index contributed by atoms with van der Waals surface area (Å²) in [6.45, 7) is 1.71. The van der Waals surface area contributed by atoms with Gasteiger partial charge in [-0.15, -0.1) is 11.3 Å². The van der Waals surface area contributed by atoms with Crippen LogP contribution in [0.2, 0.25) is 0 Å². The molecule has 33 heavy (non-hydrogen) atoms. The maximum absolute atomic E-state index is 13.1. The van der Waals surface area contributed by atoms with Crippen LogP contribution in [-0.4, -0.2) is 21.8 Å². The number of nitro benzene ring substituents is 1. The average molecular weight is 480 g/mol. The Morgan fingerprint density at radius 2 is 1.91 bits per heavy atom. The molecule has 2 heterocycles. The number of carbonyl (C=O) groups is 2. The van der Waals surface area contributed by atoms with Crippen LogP contribution < -0.4 is 5.32 Å². The summed E-state index contributed by atoms with van der Waals surface area (Å²) in [6.07, 6.45) is -1.33. The lowest BCUT2D eigenvalue weighted by atomic mass is 10.1. The molecule has 0 saturated carbocycles. The average Bonchev–Trinajstić information content (AvgIpc) is 3.51. The van der Waals surface area contributed by atoms with Gasteiger partial charge in [-0.3, -0.25) is 14.9 Å². The Labute approximate surface area is 196 Å². The van der Waals surface area contributed by atoms with Crippen LogP contribution in [0.1, 0.15) is 27.7 Å². The first-order valence-electron chi connectivity index (χ1n) is 9.72. The van der Waals surface area contributed by atoms with E-state index in [0.717, 1.165) is 5.56 Å². The zero-order valence-corrected chi connectivity index (χ0v) is 18.9. The van der Waals surface area contributed by atoms with Gasteiger partial charge in [0.2, 0.25) is 6.10 Å². The molecule has 0 bridgehead atoms. The van der Waals surface area contributed by atoms with Gasteiger partial charge in [0, 0.05) is 28.0 Å². The van der Waals surface area contributed by atoms with Gasteiger partial charge < -0.3 is 10.1 Å². The largest absolute Gasteiger partial charge is 0.443 e. The molecule has 0 spiro atoms. The Kier molecular flexibility index (Phi) is 6.57. The third-order valence-corrected chi connectivity index (χ3v) is 6.23. The van der Waals surface area contributed by atoms with E-state index in [4.69, 9.17) is 4.74 Å². The fourth-order valence-corrected chi connectivity index (χ4v) is 4.55. The van der Waals surface area contributed by atoms with Gasteiger partial charge in [-0.2, -0.15) is 11.3 Å². The van der Waals surface area contributed by atoms with E-state index in [0.29, 0.717) is 16.1 Å². The summed E-state index contributed by atoms with van der Waals surface area (Å²) in [6, 6.07) is 14.8. The molecule has 2 aromatic heterocycles. The number of ether oxygens (including phenoxy) is 1. The smallest absolute Gasteiger partial charge is 0.358 e. The van der Waals surface area contributed by atoms with E-state index in [9.17, 15) is 19.7 Å². The third-order valence-electron chi connectivity index (χ3n) is 4.65. The van der Waals surface area contributed by atoms with Gasteiger partial charge in [-0.05, 0) is 30.0 Å². The van der Waals surface area contributed by atoms with Crippen LogP contribution in [0.25, 0.3) is 10.6 Å². The van der Waals surface area contributed by atoms with E-state index >= 15 is 0 Å². The monoisotopic (exact) mass is 479 g/mol. The first-order valence-corrected chi connectivity index (χ1v) is 11.5. The first kappa shape index (κ1) is 22.3. The van der Waals surface area contributed by atoms with E-state index in [1.807, 2.05) is 16.8 Å². The summed E-state index contributed by atoms with van der Waals surface area (Å²) < 4.78 is 5.54. The third kappa shape index (κ3) is 5.13. The Morgan fingerprint density at radius 1 is 1.12 bits per heavy atom. The molecule has 1 atom stereocenters. The molecular formula is C23H17N3O5S2. The molecule has 2 aromatic carbocycles. The standard InChI is InChI=1S/C23H17N3O5S2/c1-14-7-8-17(19(11-14)26(29)30)24-21(27)20(15-5-3-2-4-6-15)31-23(28)18-13-33-22(25-18)16-9-10-32-12-16/h2-13,20H,1H3,(H,24,27). The SMILES string of the molecule is Cc1ccc(NC(=O)C(OC(=O)c2csc(-c3ccsc3)n2)c2ccccc2)c([N+](=O)[O-])c1. The number of nitrogens with zero attached hydrogens (tertiary/aromatic N) is 2. The van der Waals surface area contributed by atoms with Crippen molar-refractivity contribution < 1.29 is 19.2 Å². The fourth-order valence-electron chi connectivity index (χ4n) is 3.05. The van der Waals surface area contributed by atoms with Crippen molar-refractivity contribution in [3.05, 3.63) is 97.7 Å². The van der Waals surface area contributed by atoms with Crippen molar-refractivity contribution in [3.8, 4) is 10.6 Å². The van der Waals surface area contributed by atoms with Gasteiger partial charge in [0.25, 0.3) is 11.6 Å². The first-order chi connectivity index (χ1) is 15.9. The molecule has 0 aliphatic rings. The van der Waals surface area contributed by atoms with Crippen LogP contribution in [0.3, 0.4) is 0 Å². The second kappa shape index (κ2) is 9.72. The van der Waals surface area contributed by atoms with E-state index in [-0.39, 0.29) is 17.1 Å². The van der Waals surface area contributed by atoms with Gasteiger partial charge >= 0.3 is 5.97 Å². The molecule has 0 saturated heterocycles. The highest BCUT2D eigenvalue weighted by molar-refractivity contribution is 7.14. The molecular weight excluding hydrogens is 462 g/mol. The van der Waals surface area contributed by atoms with Crippen LogP contribution in [0, 0.1) is 17.0 Å². The van der Waals surface area contributed by atoms with Gasteiger partial charge in [0.05, 0.1) is 4.92 Å². The molecule has 0 aliphatic heterocycles. The van der Waals surface area contributed by atoms with Crippen molar-refractivity contribution in [2.24, 2.45) is 0 Å². The highest BCUT2D eigenvalue weighted by Gasteiger charge is 2.28. The number of rotatable bonds is 7. The Morgan fingerprint density at radius 3 is 2.61 bits per heavy atom. The number of thiophene rings is 1. The van der Waals surface area contributed by atoms with Crippen LogP contribution in [0.4, 0.5) is 11.4 Å². The topological polar surface area (TPSA) is 111 Å². The van der Waals surface area contributed by atoms with Gasteiger partial charge in [-0.25, -0.2) is 9.78 Å². The number of amides is 1. The van der Waals surface area contributed by atoms with Crippen molar-refractivity contribution >= 4 is 45.9 Å². The number of carbonyl (C=O) groups excluding carboxylic acids is 2. The second-order valence-corrected chi connectivity index (χ2v) is 8.65. The highest BCUT2D eigenvalue weighted by atomic mass is 32.1.